The minimum Gasteiger partial charge on any atom is -0.469 e. The van der Waals surface area contributed by atoms with Gasteiger partial charge in [-0.15, -0.1) is 0 Å². The first kappa shape index (κ1) is 50.6. The molecule has 2 aromatic heterocycles. The van der Waals surface area contributed by atoms with Gasteiger partial charge in [0.15, 0.2) is 0 Å². The number of aryl methyl sites for hydroxylation is 2. The van der Waals surface area contributed by atoms with E-state index in [0.717, 1.165) is 28.4 Å². The monoisotopic (exact) mass is 992 g/mol. The van der Waals surface area contributed by atoms with E-state index in [0.29, 0.717) is 57.9 Å². The smallest absolute Gasteiger partial charge is 0.416 e. The van der Waals surface area contributed by atoms with E-state index in [4.69, 9.17) is 14.7 Å². The number of ether oxygens (including phenoxy) is 1. The summed E-state index contributed by atoms with van der Waals surface area (Å²) in [4.78, 5) is 65.0. The number of hydrogen-bond acceptors (Lipinski definition) is 7. The molecule has 0 fully saturated rings. The van der Waals surface area contributed by atoms with E-state index in [9.17, 15) is 49.1 Å². The van der Waals surface area contributed by atoms with Crippen molar-refractivity contribution in [3.8, 4) is 0 Å². The van der Waals surface area contributed by atoms with E-state index in [-0.39, 0.29) is 75.5 Å². The number of imide groups is 1. The number of alkyl halides is 9. The third kappa shape index (κ3) is 9.58. The fourth-order valence-corrected chi connectivity index (χ4v) is 10.2. The van der Waals surface area contributed by atoms with Crippen molar-refractivity contribution in [1.82, 2.24) is 24.8 Å². The summed E-state index contributed by atoms with van der Waals surface area (Å²) < 4.78 is 130. The number of carbonyl (C=O) groups is 3. The van der Waals surface area contributed by atoms with Crippen LogP contribution in [0.15, 0.2) is 59.6 Å². The van der Waals surface area contributed by atoms with Gasteiger partial charge in [0.25, 0.3) is 11.8 Å². The van der Waals surface area contributed by atoms with Gasteiger partial charge in [0.2, 0.25) is 0 Å². The standard InChI is InChI=1S/C52H49F9N6O4/c1-9-34-24(3)36-20-41-43(28(7)62-21-29-14-32(51(56,57)58)17-33(15-29)52(59,60)61)26(5)38(64-41)18-37-25(4)35(10-11-42(68)71-8)46(65-37)45-47-44(27(6)39(66-47)19-40(34)63-36)48(69)67(49(45)70)22-30-12-23(2)13-31(16-30)50(53,54)55/h12-20,24-25,34-35,63,66H,9-11,21-22H2,1-8H3/t24-,25+,34-,35+/m1/s1. The van der Waals surface area contributed by atoms with E-state index >= 15 is 4.79 Å². The summed E-state index contributed by atoms with van der Waals surface area (Å²) >= 11 is 0. The van der Waals surface area contributed by atoms with E-state index < -0.39 is 77.9 Å². The number of aromatic nitrogens is 4. The number of halogens is 9. The van der Waals surface area contributed by atoms with Crippen LogP contribution in [0.2, 0.25) is 0 Å². The summed E-state index contributed by atoms with van der Waals surface area (Å²) in [5.74, 6) is -3.54. The topological polar surface area (TPSA) is 133 Å². The number of carbonyl (C=O) groups excluding carboxylic acids is 3. The van der Waals surface area contributed by atoms with Crippen molar-refractivity contribution < 1.29 is 58.6 Å². The Kier molecular flexibility index (Phi) is 13.1. The SMILES string of the molecule is CC[C@H]1c2cc3[nH]c4c(c5nc(cc6nc(cc([nH]2)[C@@H]1C)C(C(C)=NCc1cc(C(F)(F)F)cc(C(F)(F)F)c1)=C6C)[C@@H](C)[C@@H]5CCC(=O)OC)C(=O)N(Cc1cc(C)cc(C(F)(F)F)c1)C(=O)c4c3C. The molecule has 0 aliphatic carbocycles. The molecule has 0 saturated carbocycles. The molecule has 374 valence electrons. The fraction of sp³-hybridized carbons (Fsp3) is 0.385. The molecule has 8 bridgehead atoms. The Hall–Kier alpha value is -6.79. The van der Waals surface area contributed by atoms with Crippen LogP contribution in [-0.4, -0.2) is 55.4 Å². The molecule has 4 aromatic rings. The van der Waals surface area contributed by atoms with Gasteiger partial charge < -0.3 is 14.7 Å². The lowest BCUT2D eigenvalue weighted by molar-refractivity contribution is -0.143. The van der Waals surface area contributed by atoms with Crippen LogP contribution in [0.4, 0.5) is 39.5 Å². The van der Waals surface area contributed by atoms with Gasteiger partial charge in [-0.1, -0.05) is 32.4 Å². The molecular formula is C52H49F9N6O4. The van der Waals surface area contributed by atoms with Crippen LogP contribution in [-0.2, 0) is 41.1 Å². The second-order valence-corrected chi connectivity index (χ2v) is 18.6. The third-order valence-electron chi connectivity index (χ3n) is 13.9. The lowest BCUT2D eigenvalue weighted by atomic mass is 9.84. The van der Waals surface area contributed by atoms with Crippen molar-refractivity contribution in [2.24, 2.45) is 4.99 Å². The average Bonchev–Trinajstić information content (AvgIpc) is 3.97. The summed E-state index contributed by atoms with van der Waals surface area (Å²) in [5, 5.41) is 0. The Labute approximate surface area is 402 Å². The Balaban J connectivity index is 1.38. The number of amides is 2. The molecule has 2 amide bonds. The molecule has 0 unspecified atom stereocenters. The summed E-state index contributed by atoms with van der Waals surface area (Å²) in [6.45, 7) is 11.3. The Morgan fingerprint density at radius 3 is 1.97 bits per heavy atom. The Morgan fingerprint density at radius 1 is 0.732 bits per heavy atom. The van der Waals surface area contributed by atoms with Crippen molar-refractivity contribution in [1.29, 1.82) is 0 Å². The van der Waals surface area contributed by atoms with Gasteiger partial charge in [-0.25, -0.2) is 4.98 Å². The summed E-state index contributed by atoms with van der Waals surface area (Å²) in [6.07, 6.45) is -14.1. The largest absolute Gasteiger partial charge is 0.469 e. The van der Waals surface area contributed by atoms with Gasteiger partial charge >= 0.3 is 24.5 Å². The number of methoxy groups -OCH3 is 1. The zero-order valence-electron chi connectivity index (χ0n) is 39.9. The van der Waals surface area contributed by atoms with Gasteiger partial charge in [0, 0.05) is 64.0 Å². The summed E-state index contributed by atoms with van der Waals surface area (Å²) in [6, 6.07) is 10.1. The maximum atomic E-state index is 15.1. The Morgan fingerprint density at radius 2 is 1.35 bits per heavy atom. The van der Waals surface area contributed by atoms with Crippen molar-refractivity contribution in [2.75, 3.05) is 7.11 Å². The molecule has 2 N–H and O–H groups in total. The first-order valence-electron chi connectivity index (χ1n) is 22.9. The van der Waals surface area contributed by atoms with Gasteiger partial charge in [-0.05, 0) is 111 Å². The van der Waals surface area contributed by atoms with Crippen LogP contribution < -0.4 is 0 Å². The molecule has 6 heterocycles. The van der Waals surface area contributed by atoms with Crippen LogP contribution in [0.25, 0.3) is 22.2 Å². The van der Waals surface area contributed by atoms with Crippen molar-refractivity contribution in [2.45, 2.75) is 123 Å². The number of H-pyrrole nitrogens is 2. The number of hydrogen-bond donors (Lipinski definition) is 2. The second-order valence-electron chi connectivity index (χ2n) is 18.6. The fourth-order valence-electron chi connectivity index (χ4n) is 10.2. The Bertz CT molecular complexity index is 3130. The highest BCUT2D eigenvalue weighted by Gasteiger charge is 2.42. The van der Waals surface area contributed by atoms with Crippen molar-refractivity contribution >= 4 is 45.7 Å². The van der Waals surface area contributed by atoms with Gasteiger partial charge in [0.05, 0.1) is 70.6 Å². The highest BCUT2D eigenvalue weighted by atomic mass is 19.4. The number of rotatable bonds is 9. The molecule has 8 rings (SSSR count). The number of fused-ring (bicyclic) bond motifs is 8. The van der Waals surface area contributed by atoms with E-state index in [1.165, 1.54) is 20.1 Å². The van der Waals surface area contributed by atoms with Crippen molar-refractivity contribution in [3.05, 3.63) is 139 Å². The first-order valence-corrected chi connectivity index (χ1v) is 22.9. The molecule has 71 heavy (non-hydrogen) atoms. The quantitative estimate of drug-likeness (QED) is 0.0742. The molecule has 4 atom stereocenters. The van der Waals surface area contributed by atoms with Crippen LogP contribution in [0, 0.1) is 13.8 Å². The van der Waals surface area contributed by atoms with Gasteiger partial charge in [0.1, 0.15) is 0 Å². The predicted molar refractivity (Wildman–Crippen MR) is 247 cm³/mol. The van der Waals surface area contributed by atoms with E-state index in [1.807, 2.05) is 32.9 Å². The number of benzene rings is 2. The number of esters is 1. The minimum absolute atomic E-state index is 0.00607. The number of aromatic amines is 2. The van der Waals surface area contributed by atoms with Gasteiger partial charge in [-0.2, -0.15) is 39.5 Å². The molecule has 10 nitrogen and oxygen atoms in total. The average molecular weight is 993 g/mol. The molecule has 0 spiro atoms. The molecule has 19 heteroatoms. The normalized spacial score (nSPS) is 19.2. The molecular weight excluding hydrogens is 944 g/mol. The number of nitrogens with zero attached hydrogens (tertiary/aromatic N) is 4. The van der Waals surface area contributed by atoms with E-state index in [2.05, 4.69) is 15.0 Å². The van der Waals surface area contributed by atoms with Crippen LogP contribution in [0.3, 0.4) is 0 Å². The maximum absolute atomic E-state index is 15.1. The minimum atomic E-state index is -5.05. The van der Waals surface area contributed by atoms with Crippen LogP contribution in [0.1, 0.15) is 171 Å². The molecule has 4 aliphatic heterocycles. The third-order valence-corrected chi connectivity index (χ3v) is 13.9. The molecule has 0 saturated heterocycles. The lowest BCUT2D eigenvalue weighted by Crippen LogP contribution is -2.40. The lowest BCUT2D eigenvalue weighted by Gasteiger charge is -2.27. The summed E-state index contributed by atoms with van der Waals surface area (Å²) in [7, 11) is 1.24. The maximum Gasteiger partial charge on any atom is 0.416 e. The van der Waals surface area contributed by atoms with Gasteiger partial charge in [-0.3, -0.25) is 29.3 Å². The predicted octanol–water partition coefficient (Wildman–Crippen LogP) is 13.2. The zero-order chi connectivity index (χ0) is 51.8. The molecule has 0 radical (unpaired) electrons. The second kappa shape index (κ2) is 18.4. The molecule has 4 aliphatic rings. The van der Waals surface area contributed by atoms with E-state index in [1.54, 1.807) is 26.8 Å². The number of allylic oxidation sites excluding steroid dienone is 2. The summed E-state index contributed by atoms with van der Waals surface area (Å²) in [5.41, 5.74) is 1.54. The highest BCUT2D eigenvalue weighted by molar-refractivity contribution is 6.29. The van der Waals surface area contributed by atoms with Crippen LogP contribution >= 0.6 is 0 Å². The first-order chi connectivity index (χ1) is 33.2. The number of nitrogens with one attached hydrogen (secondary N) is 2. The highest BCUT2D eigenvalue weighted by Crippen LogP contribution is 2.46. The van der Waals surface area contributed by atoms with Crippen molar-refractivity contribution in [3.63, 3.8) is 0 Å². The zero-order valence-corrected chi connectivity index (χ0v) is 39.9. The van der Waals surface area contributed by atoms with Crippen LogP contribution in [0.5, 0.6) is 0 Å². The number of aliphatic imine (C=N–C) groups is 1. The molecule has 2 aromatic carbocycles.